The summed E-state index contributed by atoms with van der Waals surface area (Å²) in [6.07, 6.45) is 0. The number of ether oxygens (including phenoxy) is 1. The maximum absolute atomic E-state index is 6.95. The van der Waals surface area contributed by atoms with Gasteiger partial charge in [-0.15, -0.1) is 0 Å². The molecule has 0 saturated carbocycles. The SMILES string of the molecule is c1ccc(-c2ccc(-c3nc(-c4ccccc4)nc(-c4cc5ccccc5cc4-c4ccc5ccc6ccc7cccc8c7c6c5c4O8)n3)cc2)cc1. The first-order valence-corrected chi connectivity index (χ1v) is 17.9. The van der Waals surface area contributed by atoms with Crippen molar-refractivity contribution in [3.05, 3.63) is 176 Å². The molecule has 246 valence electrons. The Morgan fingerprint density at radius 2 is 0.792 bits per heavy atom. The van der Waals surface area contributed by atoms with Gasteiger partial charge in [-0.3, -0.25) is 0 Å². The first-order valence-electron chi connectivity index (χ1n) is 17.9. The van der Waals surface area contributed by atoms with E-state index >= 15 is 0 Å². The Morgan fingerprint density at radius 1 is 0.302 bits per heavy atom. The average Bonchev–Trinajstić information content (AvgIpc) is 3.23. The highest BCUT2D eigenvalue weighted by atomic mass is 16.5. The Morgan fingerprint density at radius 3 is 1.49 bits per heavy atom. The number of rotatable bonds is 5. The zero-order valence-corrected chi connectivity index (χ0v) is 28.5. The molecule has 2 heterocycles. The van der Waals surface area contributed by atoms with Crippen LogP contribution in [0.5, 0.6) is 11.5 Å². The highest BCUT2D eigenvalue weighted by Crippen LogP contribution is 2.51. The van der Waals surface area contributed by atoms with Crippen molar-refractivity contribution in [3.63, 3.8) is 0 Å². The molecule has 0 N–H and O–H groups in total. The molecule has 0 aliphatic carbocycles. The van der Waals surface area contributed by atoms with E-state index in [1.165, 1.54) is 21.7 Å². The molecule has 1 aliphatic rings. The topological polar surface area (TPSA) is 47.9 Å². The van der Waals surface area contributed by atoms with E-state index in [1.54, 1.807) is 0 Å². The summed E-state index contributed by atoms with van der Waals surface area (Å²) in [6, 6.07) is 61.5. The number of hydrogen-bond acceptors (Lipinski definition) is 4. The first kappa shape index (κ1) is 29.5. The Kier molecular flexibility index (Phi) is 6.52. The summed E-state index contributed by atoms with van der Waals surface area (Å²) in [4.78, 5) is 15.5. The van der Waals surface area contributed by atoms with Crippen LogP contribution in [0.1, 0.15) is 0 Å². The number of fused-ring (bicyclic) bond motifs is 1. The average molecular weight is 676 g/mol. The number of nitrogens with zero attached hydrogens (tertiary/aromatic N) is 3. The van der Waals surface area contributed by atoms with Gasteiger partial charge in [0, 0.05) is 38.4 Å². The predicted octanol–water partition coefficient (Wildman–Crippen LogP) is 12.9. The van der Waals surface area contributed by atoms with Crippen LogP contribution in [0, 0.1) is 0 Å². The molecule has 53 heavy (non-hydrogen) atoms. The second kappa shape index (κ2) is 11.7. The Bertz CT molecular complexity index is 3060. The third kappa shape index (κ3) is 4.80. The summed E-state index contributed by atoms with van der Waals surface area (Å²) in [5, 5.41) is 9.27. The summed E-state index contributed by atoms with van der Waals surface area (Å²) >= 11 is 0. The van der Waals surface area contributed by atoms with E-state index in [0.717, 1.165) is 71.8 Å². The maximum atomic E-state index is 6.95. The maximum Gasteiger partial charge on any atom is 0.164 e. The zero-order valence-electron chi connectivity index (χ0n) is 28.5. The standard InChI is InChI=1S/C49H29N3O/c1-3-10-30(11-4-1)31-18-24-36(25-19-31)48-50-47(35-12-5-2-6-13-35)51-49(52-48)41-29-38-15-8-7-14-37(38)28-40(41)39-27-26-34-23-22-33-21-20-32-16-9-17-42-43(32)44(33)45(34)46(39)53-42/h1-29H. The minimum absolute atomic E-state index is 0.602. The van der Waals surface area contributed by atoms with Crippen LogP contribution in [0.2, 0.25) is 0 Å². The van der Waals surface area contributed by atoms with Crippen molar-refractivity contribution in [2.75, 3.05) is 0 Å². The molecule has 0 amide bonds. The number of hydrogen-bond donors (Lipinski definition) is 0. The van der Waals surface area contributed by atoms with Crippen LogP contribution in [0.3, 0.4) is 0 Å². The van der Waals surface area contributed by atoms with Crippen LogP contribution in [-0.2, 0) is 0 Å². The van der Waals surface area contributed by atoms with Crippen LogP contribution in [0.15, 0.2) is 176 Å². The van der Waals surface area contributed by atoms with Gasteiger partial charge in [0.15, 0.2) is 17.5 Å². The quantitative estimate of drug-likeness (QED) is 0.170. The van der Waals surface area contributed by atoms with Gasteiger partial charge in [0.05, 0.1) is 0 Å². The van der Waals surface area contributed by atoms with Gasteiger partial charge in [0.2, 0.25) is 0 Å². The van der Waals surface area contributed by atoms with Gasteiger partial charge in [-0.25, -0.2) is 15.0 Å². The van der Waals surface area contributed by atoms with Gasteiger partial charge < -0.3 is 4.74 Å². The third-order valence-electron chi connectivity index (χ3n) is 10.5. The number of aromatic nitrogens is 3. The fourth-order valence-corrected chi connectivity index (χ4v) is 7.89. The largest absolute Gasteiger partial charge is 0.455 e. The first-order chi connectivity index (χ1) is 26.2. The summed E-state index contributed by atoms with van der Waals surface area (Å²) in [6.45, 7) is 0. The molecule has 1 aromatic heterocycles. The van der Waals surface area contributed by atoms with E-state index in [0.29, 0.717) is 17.5 Å². The van der Waals surface area contributed by atoms with Crippen LogP contribution in [-0.4, -0.2) is 15.0 Å². The van der Waals surface area contributed by atoms with Crippen molar-refractivity contribution < 1.29 is 4.74 Å². The van der Waals surface area contributed by atoms with Gasteiger partial charge in [0.1, 0.15) is 11.5 Å². The van der Waals surface area contributed by atoms with Crippen molar-refractivity contribution in [3.8, 4) is 67.9 Å². The van der Waals surface area contributed by atoms with E-state index in [-0.39, 0.29) is 0 Å². The van der Waals surface area contributed by atoms with Crippen LogP contribution in [0.4, 0.5) is 0 Å². The van der Waals surface area contributed by atoms with E-state index < -0.39 is 0 Å². The van der Waals surface area contributed by atoms with Crippen molar-refractivity contribution in [2.24, 2.45) is 0 Å². The van der Waals surface area contributed by atoms with Crippen LogP contribution < -0.4 is 4.74 Å². The molecule has 0 atom stereocenters. The third-order valence-corrected chi connectivity index (χ3v) is 10.5. The summed E-state index contributed by atoms with van der Waals surface area (Å²) in [7, 11) is 0. The molecule has 0 saturated heterocycles. The minimum atomic E-state index is 0.602. The monoisotopic (exact) mass is 675 g/mol. The van der Waals surface area contributed by atoms with E-state index in [9.17, 15) is 0 Å². The predicted molar refractivity (Wildman–Crippen MR) is 217 cm³/mol. The lowest BCUT2D eigenvalue weighted by Gasteiger charge is -2.23. The second-order valence-corrected chi connectivity index (χ2v) is 13.6. The summed E-state index contributed by atoms with van der Waals surface area (Å²) in [5.74, 6) is 3.56. The Hall–Kier alpha value is -7.17. The molecule has 0 unspecified atom stereocenters. The molecule has 1 aliphatic heterocycles. The lowest BCUT2D eigenvalue weighted by molar-refractivity contribution is 0.494. The van der Waals surface area contributed by atoms with E-state index in [1.807, 2.05) is 36.4 Å². The van der Waals surface area contributed by atoms with Crippen molar-refractivity contribution in [1.82, 2.24) is 15.0 Å². The highest BCUT2D eigenvalue weighted by molar-refractivity contribution is 6.26. The van der Waals surface area contributed by atoms with Gasteiger partial charge in [-0.05, 0) is 67.9 Å². The fourth-order valence-electron chi connectivity index (χ4n) is 7.89. The Balaban J connectivity index is 1.17. The minimum Gasteiger partial charge on any atom is -0.455 e. The molecule has 0 fully saturated rings. The zero-order chi connectivity index (χ0) is 34.9. The molecule has 9 aromatic carbocycles. The summed E-state index contributed by atoms with van der Waals surface area (Å²) < 4.78 is 6.95. The second-order valence-electron chi connectivity index (χ2n) is 13.6. The van der Waals surface area contributed by atoms with Gasteiger partial charge >= 0.3 is 0 Å². The molecule has 11 rings (SSSR count). The van der Waals surface area contributed by atoms with E-state index in [4.69, 9.17) is 19.7 Å². The molecular formula is C49H29N3O. The molecule has 0 spiro atoms. The number of benzene rings is 9. The highest BCUT2D eigenvalue weighted by Gasteiger charge is 2.25. The fraction of sp³-hybridized carbons (Fsp3) is 0. The lowest BCUT2D eigenvalue weighted by Crippen LogP contribution is -2.02. The lowest BCUT2D eigenvalue weighted by atomic mass is 9.88. The molecule has 10 aromatic rings. The van der Waals surface area contributed by atoms with Gasteiger partial charge in [-0.1, -0.05) is 152 Å². The smallest absolute Gasteiger partial charge is 0.164 e. The van der Waals surface area contributed by atoms with Crippen molar-refractivity contribution in [1.29, 1.82) is 0 Å². The molecule has 0 radical (unpaired) electrons. The van der Waals surface area contributed by atoms with Gasteiger partial charge in [-0.2, -0.15) is 0 Å². The van der Waals surface area contributed by atoms with Crippen LogP contribution >= 0.6 is 0 Å². The molecule has 0 bridgehead atoms. The van der Waals surface area contributed by atoms with Gasteiger partial charge in [0.25, 0.3) is 0 Å². The van der Waals surface area contributed by atoms with Crippen LogP contribution in [0.25, 0.3) is 99.5 Å². The van der Waals surface area contributed by atoms with Crippen molar-refractivity contribution >= 4 is 43.1 Å². The normalized spacial score (nSPS) is 11.9. The molecule has 4 heteroatoms. The summed E-state index contributed by atoms with van der Waals surface area (Å²) in [5.41, 5.74) is 7.06. The van der Waals surface area contributed by atoms with E-state index in [2.05, 4.69) is 140 Å². The molecule has 4 nitrogen and oxygen atoms in total. The van der Waals surface area contributed by atoms with Crippen molar-refractivity contribution in [2.45, 2.75) is 0 Å². The molecular weight excluding hydrogens is 647 g/mol. The Labute approximate surface area is 305 Å².